The van der Waals surface area contributed by atoms with E-state index in [4.69, 9.17) is 0 Å². The van der Waals surface area contributed by atoms with Gasteiger partial charge in [0.2, 0.25) is 0 Å². The number of hydrogen-bond donors (Lipinski definition) is 2. The van der Waals surface area contributed by atoms with E-state index in [0.29, 0.717) is 11.4 Å². The molecule has 1 aromatic rings. The molecular formula is C17H28N2O3S. The molecule has 0 saturated carbocycles. The van der Waals surface area contributed by atoms with Gasteiger partial charge in [0, 0.05) is 34.0 Å². The molecule has 0 aromatic heterocycles. The molecule has 1 unspecified atom stereocenters. The fourth-order valence-corrected chi connectivity index (χ4v) is 2.89. The summed E-state index contributed by atoms with van der Waals surface area (Å²) in [6.45, 7) is 9.37. The van der Waals surface area contributed by atoms with Crippen molar-refractivity contribution in [3.05, 3.63) is 29.8 Å². The van der Waals surface area contributed by atoms with Gasteiger partial charge in [0.15, 0.2) is 0 Å². The number of benzene rings is 1. The van der Waals surface area contributed by atoms with Crippen LogP contribution in [0.4, 0.5) is 10.5 Å². The number of aliphatic hydroxyl groups is 1. The fourth-order valence-electron chi connectivity index (χ4n) is 1.98. The van der Waals surface area contributed by atoms with Crippen molar-refractivity contribution < 1.29 is 14.1 Å². The monoisotopic (exact) mass is 340 g/mol. The minimum atomic E-state index is -0.988. The number of amides is 2. The van der Waals surface area contributed by atoms with Crippen molar-refractivity contribution in [2.24, 2.45) is 0 Å². The van der Waals surface area contributed by atoms with Crippen LogP contribution < -0.4 is 5.32 Å². The summed E-state index contributed by atoms with van der Waals surface area (Å²) < 4.78 is 11.9. The maximum absolute atomic E-state index is 12.2. The highest BCUT2D eigenvalue weighted by Gasteiger charge is 2.21. The first-order valence-corrected chi connectivity index (χ1v) is 8.92. The predicted molar refractivity (Wildman–Crippen MR) is 96.0 cm³/mol. The SMILES string of the molecule is CN(CC(C)(C)O)C(=O)Nc1cccc(CS(=O)C(C)(C)C)c1. The Morgan fingerprint density at radius 1 is 1.26 bits per heavy atom. The standard InChI is InChI=1S/C17H28N2O3S/c1-16(2,3)23(22)11-13-8-7-9-14(10-13)18-15(20)19(6)12-17(4,5)21/h7-10,21H,11-12H2,1-6H3,(H,18,20). The highest BCUT2D eigenvalue weighted by atomic mass is 32.2. The zero-order valence-electron chi connectivity index (χ0n) is 14.8. The zero-order valence-corrected chi connectivity index (χ0v) is 15.7. The van der Waals surface area contributed by atoms with Crippen LogP contribution in [-0.2, 0) is 16.6 Å². The molecule has 0 saturated heterocycles. The molecule has 5 nitrogen and oxygen atoms in total. The Morgan fingerprint density at radius 3 is 2.39 bits per heavy atom. The van der Waals surface area contributed by atoms with Crippen molar-refractivity contribution in [2.75, 3.05) is 18.9 Å². The van der Waals surface area contributed by atoms with Gasteiger partial charge in [0.25, 0.3) is 0 Å². The fraction of sp³-hybridized carbons (Fsp3) is 0.588. The Hall–Kier alpha value is -1.40. The van der Waals surface area contributed by atoms with E-state index in [0.717, 1.165) is 5.56 Å². The average Bonchev–Trinajstić information content (AvgIpc) is 2.35. The summed E-state index contributed by atoms with van der Waals surface area (Å²) in [5.41, 5.74) is 0.625. The van der Waals surface area contributed by atoms with Gasteiger partial charge in [0.1, 0.15) is 0 Å². The molecule has 0 bridgehead atoms. The lowest BCUT2D eigenvalue weighted by Gasteiger charge is -2.25. The van der Waals surface area contributed by atoms with Crippen LogP contribution in [-0.4, -0.2) is 44.2 Å². The number of rotatable bonds is 5. The van der Waals surface area contributed by atoms with E-state index < -0.39 is 16.4 Å². The van der Waals surface area contributed by atoms with Gasteiger partial charge in [-0.25, -0.2) is 4.79 Å². The maximum Gasteiger partial charge on any atom is 0.321 e. The minimum Gasteiger partial charge on any atom is -0.389 e. The number of carbonyl (C=O) groups excluding carboxylic acids is 1. The highest BCUT2D eigenvalue weighted by Crippen LogP contribution is 2.19. The summed E-state index contributed by atoms with van der Waals surface area (Å²) >= 11 is 0. The van der Waals surface area contributed by atoms with Gasteiger partial charge in [-0.15, -0.1) is 0 Å². The van der Waals surface area contributed by atoms with E-state index in [-0.39, 0.29) is 17.3 Å². The second-order valence-corrected chi connectivity index (χ2v) is 9.61. The lowest BCUT2D eigenvalue weighted by molar-refractivity contribution is 0.0550. The first kappa shape index (κ1) is 19.6. The number of carbonyl (C=O) groups is 1. The second-order valence-electron chi connectivity index (χ2n) is 7.40. The maximum atomic E-state index is 12.2. The molecule has 1 aromatic carbocycles. The third-order valence-electron chi connectivity index (χ3n) is 3.13. The summed E-state index contributed by atoms with van der Waals surface area (Å²) in [5.74, 6) is 0.451. The number of likely N-dealkylation sites (N-methyl/N-ethyl adjacent to an activating group) is 1. The van der Waals surface area contributed by atoms with E-state index in [1.165, 1.54) is 4.90 Å². The summed E-state index contributed by atoms with van der Waals surface area (Å²) in [6, 6.07) is 7.07. The molecule has 0 aliphatic carbocycles. The van der Waals surface area contributed by atoms with Gasteiger partial charge in [0.05, 0.1) is 12.1 Å². The van der Waals surface area contributed by atoms with Crippen LogP contribution in [0, 0.1) is 0 Å². The van der Waals surface area contributed by atoms with E-state index in [1.807, 2.05) is 39.0 Å². The summed E-state index contributed by atoms with van der Waals surface area (Å²) in [5, 5.41) is 12.6. The lowest BCUT2D eigenvalue weighted by atomic mass is 10.1. The highest BCUT2D eigenvalue weighted by molar-refractivity contribution is 7.85. The van der Waals surface area contributed by atoms with Crippen molar-refractivity contribution in [3.63, 3.8) is 0 Å². The van der Waals surface area contributed by atoms with Gasteiger partial charge in [-0.2, -0.15) is 0 Å². The summed E-state index contributed by atoms with van der Waals surface area (Å²) in [7, 11) is 0.643. The number of urea groups is 1. The second kappa shape index (κ2) is 7.45. The Kier molecular flexibility index (Phi) is 6.36. The average molecular weight is 340 g/mol. The molecule has 2 N–H and O–H groups in total. The Labute approximate surface area is 141 Å². The number of hydrogen-bond acceptors (Lipinski definition) is 3. The molecule has 1 rings (SSSR count). The lowest BCUT2D eigenvalue weighted by Crippen LogP contribution is -2.41. The molecule has 0 radical (unpaired) electrons. The van der Waals surface area contributed by atoms with Gasteiger partial charge < -0.3 is 15.3 Å². The largest absolute Gasteiger partial charge is 0.389 e. The topological polar surface area (TPSA) is 69.6 Å². The van der Waals surface area contributed by atoms with Crippen LogP contribution in [0.15, 0.2) is 24.3 Å². The molecule has 2 amide bonds. The molecule has 1 atom stereocenters. The van der Waals surface area contributed by atoms with E-state index in [2.05, 4.69) is 5.32 Å². The Morgan fingerprint density at radius 2 is 1.87 bits per heavy atom. The first-order valence-electron chi connectivity index (χ1n) is 7.60. The van der Waals surface area contributed by atoms with Gasteiger partial charge >= 0.3 is 6.03 Å². The quantitative estimate of drug-likeness (QED) is 0.866. The van der Waals surface area contributed by atoms with Crippen molar-refractivity contribution in [1.29, 1.82) is 0 Å². The first-order chi connectivity index (χ1) is 10.4. The minimum absolute atomic E-state index is 0.229. The van der Waals surface area contributed by atoms with Crippen LogP contribution in [0.3, 0.4) is 0 Å². The van der Waals surface area contributed by atoms with Crippen molar-refractivity contribution in [2.45, 2.75) is 50.7 Å². The normalized spacial score (nSPS) is 13.5. The van der Waals surface area contributed by atoms with E-state index >= 15 is 0 Å². The van der Waals surface area contributed by atoms with E-state index in [9.17, 15) is 14.1 Å². The van der Waals surface area contributed by atoms with Crippen LogP contribution >= 0.6 is 0 Å². The molecular weight excluding hydrogens is 312 g/mol. The molecule has 0 fully saturated rings. The molecule has 0 spiro atoms. The van der Waals surface area contributed by atoms with Gasteiger partial charge in [-0.05, 0) is 52.3 Å². The zero-order chi connectivity index (χ0) is 17.8. The van der Waals surface area contributed by atoms with Crippen LogP contribution in [0.2, 0.25) is 0 Å². The van der Waals surface area contributed by atoms with E-state index in [1.54, 1.807) is 27.0 Å². The van der Waals surface area contributed by atoms with Gasteiger partial charge in [-0.1, -0.05) is 12.1 Å². The van der Waals surface area contributed by atoms with Crippen LogP contribution in [0.25, 0.3) is 0 Å². The van der Waals surface area contributed by atoms with Crippen LogP contribution in [0.1, 0.15) is 40.2 Å². The molecule has 0 aliphatic heterocycles. The third kappa shape index (κ3) is 7.14. The molecule has 6 heteroatoms. The molecule has 0 aliphatic rings. The number of nitrogens with zero attached hydrogens (tertiary/aromatic N) is 1. The number of nitrogens with one attached hydrogen (secondary N) is 1. The van der Waals surface area contributed by atoms with Crippen LogP contribution in [0.5, 0.6) is 0 Å². The summed E-state index contributed by atoms with van der Waals surface area (Å²) in [4.78, 5) is 13.6. The van der Waals surface area contributed by atoms with Crippen molar-refractivity contribution in [3.8, 4) is 0 Å². The van der Waals surface area contributed by atoms with Crippen molar-refractivity contribution >= 4 is 22.5 Å². The predicted octanol–water partition coefficient (Wildman–Crippen LogP) is 2.97. The van der Waals surface area contributed by atoms with Gasteiger partial charge in [-0.3, -0.25) is 4.21 Å². The molecule has 0 heterocycles. The number of anilines is 1. The van der Waals surface area contributed by atoms with Crippen molar-refractivity contribution in [1.82, 2.24) is 4.90 Å². The molecule has 130 valence electrons. The summed E-state index contributed by atoms with van der Waals surface area (Å²) in [6.07, 6.45) is 0. The third-order valence-corrected chi connectivity index (χ3v) is 5.09. The Bertz CT molecular complexity index is 574. The Balaban J connectivity index is 2.74. The molecule has 23 heavy (non-hydrogen) atoms. The smallest absolute Gasteiger partial charge is 0.321 e.